The van der Waals surface area contributed by atoms with Crippen LogP contribution >= 0.6 is 0 Å². The van der Waals surface area contributed by atoms with E-state index in [0.29, 0.717) is 12.0 Å². The van der Waals surface area contributed by atoms with Gasteiger partial charge in [-0.05, 0) is 25.2 Å². The fraction of sp³-hybridized carbons (Fsp3) is 0.733. The van der Waals surface area contributed by atoms with Crippen molar-refractivity contribution in [2.45, 2.75) is 45.1 Å². The lowest BCUT2D eigenvalue weighted by Gasteiger charge is -2.30. The van der Waals surface area contributed by atoms with Gasteiger partial charge in [0.25, 0.3) is 0 Å². The number of nitrogens with one attached hydrogen (secondary N) is 1. The molecule has 0 saturated carbocycles. The Kier molecular flexibility index (Phi) is 4.05. The summed E-state index contributed by atoms with van der Waals surface area (Å²) < 4.78 is 5.22. The van der Waals surface area contributed by atoms with Gasteiger partial charge < -0.3 is 15.0 Å². The third kappa shape index (κ3) is 3.03. The van der Waals surface area contributed by atoms with Crippen LogP contribution in [0.3, 0.4) is 0 Å². The van der Waals surface area contributed by atoms with Gasteiger partial charge in [0, 0.05) is 19.2 Å². The van der Waals surface area contributed by atoms with Crippen LogP contribution in [0.1, 0.15) is 44.7 Å². The molecular weight excluding hydrogens is 252 g/mol. The van der Waals surface area contributed by atoms with Crippen LogP contribution in [0.2, 0.25) is 0 Å². The SMILES string of the molecule is CC(C)c1cc(NC2COC2)nc(N2CCCCC2)n1. The average molecular weight is 276 g/mol. The van der Waals surface area contributed by atoms with Gasteiger partial charge >= 0.3 is 0 Å². The van der Waals surface area contributed by atoms with Gasteiger partial charge in [-0.3, -0.25) is 0 Å². The standard InChI is InChI=1S/C15H24N4O/c1-11(2)13-8-14(16-12-9-20-10-12)18-15(17-13)19-6-4-3-5-7-19/h8,11-12H,3-7,9-10H2,1-2H3,(H,16,17,18). The summed E-state index contributed by atoms with van der Waals surface area (Å²) in [5.41, 5.74) is 1.11. The number of aromatic nitrogens is 2. The molecule has 0 radical (unpaired) electrons. The lowest BCUT2D eigenvalue weighted by atomic mass is 10.1. The first-order valence-corrected chi connectivity index (χ1v) is 7.70. The Morgan fingerprint density at radius 1 is 1.20 bits per heavy atom. The summed E-state index contributed by atoms with van der Waals surface area (Å²) in [7, 11) is 0. The van der Waals surface area contributed by atoms with E-state index in [2.05, 4.69) is 30.1 Å². The molecule has 3 heterocycles. The second-order valence-electron chi connectivity index (χ2n) is 6.06. The summed E-state index contributed by atoms with van der Waals surface area (Å²) in [5.74, 6) is 2.25. The molecule has 0 aliphatic carbocycles. The van der Waals surface area contributed by atoms with Gasteiger partial charge in [-0.1, -0.05) is 13.8 Å². The maximum absolute atomic E-state index is 5.22. The Balaban J connectivity index is 1.82. The van der Waals surface area contributed by atoms with E-state index in [1.165, 1.54) is 19.3 Å². The highest BCUT2D eigenvalue weighted by Crippen LogP contribution is 2.23. The smallest absolute Gasteiger partial charge is 0.227 e. The summed E-state index contributed by atoms with van der Waals surface area (Å²) in [6, 6.07) is 2.48. The lowest BCUT2D eigenvalue weighted by molar-refractivity contribution is 0.0209. The van der Waals surface area contributed by atoms with E-state index in [4.69, 9.17) is 14.7 Å². The maximum Gasteiger partial charge on any atom is 0.227 e. The van der Waals surface area contributed by atoms with Crippen LogP contribution in [0, 0.1) is 0 Å². The fourth-order valence-electron chi connectivity index (χ4n) is 2.59. The van der Waals surface area contributed by atoms with Crippen molar-refractivity contribution in [1.82, 2.24) is 9.97 Å². The predicted octanol–water partition coefficient (Wildman–Crippen LogP) is 2.40. The molecule has 0 spiro atoms. The van der Waals surface area contributed by atoms with E-state index in [-0.39, 0.29) is 0 Å². The fourth-order valence-corrected chi connectivity index (χ4v) is 2.59. The second-order valence-corrected chi connectivity index (χ2v) is 6.06. The number of anilines is 2. The van der Waals surface area contributed by atoms with E-state index < -0.39 is 0 Å². The molecule has 2 saturated heterocycles. The maximum atomic E-state index is 5.22. The predicted molar refractivity (Wildman–Crippen MR) is 80.4 cm³/mol. The van der Waals surface area contributed by atoms with Crippen molar-refractivity contribution in [3.63, 3.8) is 0 Å². The molecule has 1 aromatic heterocycles. The molecule has 5 nitrogen and oxygen atoms in total. The lowest BCUT2D eigenvalue weighted by Crippen LogP contribution is -2.40. The molecule has 3 rings (SSSR count). The zero-order valence-corrected chi connectivity index (χ0v) is 12.4. The molecule has 0 aromatic carbocycles. The largest absolute Gasteiger partial charge is 0.377 e. The van der Waals surface area contributed by atoms with Crippen molar-refractivity contribution >= 4 is 11.8 Å². The molecule has 20 heavy (non-hydrogen) atoms. The van der Waals surface area contributed by atoms with Crippen LogP contribution in [0.5, 0.6) is 0 Å². The Morgan fingerprint density at radius 3 is 2.55 bits per heavy atom. The molecule has 2 aliphatic heterocycles. The number of ether oxygens (including phenoxy) is 1. The zero-order valence-electron chi connectivity index (χ0n) is 12.4. The third-order valence-electron chi connectivity index (χ3n) is 3.95. The highest BCUT2D eigenvalue weighted by Gasteiger charge is 2.21. The van der Waals surface area contributed by atoms with Gasteiger partial charge in [0.05, 0.1) is 24.9 Å². The molecule has 1 aromatic rings. The molecule has 2 aliphatic rings. The van der Waals surface area contributed by atoms with Crippen LogP contribution in [0.15, 0.2) is 6.07 Å². The molecule has 1 N–H and O–H groups in total. The Morgan fingerprint density at radius 2 is 1.95 bits per heavy atom. The van der Waals surface area contributed by atoms with Crippen LogP contribution < -0.4 is 10.2 Å². The first-order valence-electron chi connectivity index (χ1n) is 7.70. The van der Waals surface area contributed by atoms with Gasteiger partial charge in [-0.15, -0.1) is 0 Å². The van der Waals surface area contributed by atoms with Crippen molar-refractivity contribution in [3.05, 3.63) is 11.8 Å². The molecular formula is C15H24N4O. The third-order valence-corrected chi connectivity index (χ3v) is 3.95. The highest BCUT2D eigenvalue weighted by atomic mass is 16.5. The van der Waals surface area contributed by atoms with E-state index >= 15 is 0 Å². The Hall–Kier alpha value is -1.36. The summed E-state index contributed by atoms with van der Waals surface area (Å²) in [6.07, 6.45) is 3.81. The second kappa shape index (κ2) is 5.95. The van der Waals surface area contributed by atoms with E-state index in [1.807, 2.05) is 0 Å². The monoisotopic (exact) mass is 276 g/mol. The van der Waals surface area contributed by atoms with Crippen LogP contribution in [-0.2, 0) is 4.74 Å². The number of hydrogen-bond donors (Lipinski definition) is 1. The first kappa shape index (κ1) is 13.6. The van der Waals surface area contributed by atoms with E-state index in [1.54, 1.807) is 0 Å². The quantitative estimate of drug-likeness (QED) is 0.915. The minimum Gasteiger partial charge on any atom is -0.377 e. The molecule has 0 atom stereocenters. The van der Waals surface area contributed by atoms with Crippen molar-refractivity contribution in [3.8, 4) is 0 Å². The molecule has 0 amide bonds. The Bertz CT molecular complexity index is 453. The average Bonchev–Trinajstić information content (AvgIpc) is 2.43. The minimum absolute atomic E-state index is 0.402. The van der Waals surface area contributed by atoms with Gasteiger partial charge in [-0.2, -0.15) is 4.98 Å². The van der Waals surface area contributed by atoms with Crippen molar-refractivity contribution in [2.24, 2.45) is 0 Å². The topological polar surface area (TPSA) is 50.3 Å². The van der Waals surface area contributed by atoms with Crippen LogP contribution in [0.25, 0.3) is 0 Å². The molecule has 110 valence electrons. The van der Waals surface area contributed by atoms with Crippen molar-refractivity contribution < 1.29 is 4.74 Å². The van der Waals surface area contributed by atoms with E-state index in [0.717, 1.165) is 43.8 Å². The first-order chi connectivity index (χ1) is 9.72. The van der Waals surface area contributed by atoms with E-state index in [9.17, 15) is 0 Å². The zero-order chi connectivity index (χ0) is 13.9. The van der Waals surface area contributed by atoms with Gasteiger partial charge in [0.2, 0.25) is 5.95 Å². The van der Waals surface area contributed by atoms with Crippen molar-refractivity contribution in [2.75, 3.05) is 36.5 Å². The Labute approximate surface area is 120 Å². The number of piperidine rings is 1. The number of nitrogens with zero attached hydrogens (tertiary/aromatic N) is 3. The molecule has 5 heteroatoms. The highest BCUT2D eigenvalue weighted by molar-refractivity contribution is 5.45. The molecule has 2 fully saturated rings. The molecule has 0 bridgehead atoms. The van der Waals surface area contributed by atoms with Crippen LogP contribution in [-0.4, -0.2) is 42.3 Å². The summed E-state index contributed by atoms with van der Waals surface area (Å²) in [4.78, 5) is 11.8. The summed E-state index contributed by atoms with van der Waals surface area (Å²) >= 11 is 0. The summed E-state index contributed by atoms with van der Waals surface area (Å²) in [5, 5.41) is 3.45. The summed E-state index contributed by atoms with van der Waals surface area (Å²) in [6.45, 7) is 8.07. The van der Waals surface area contributed by atoms with Gasteiger partial charge in [0.1, 0.15) is 5.82 Å². The van der Waals surface area contributed by atoms with Gasteiger partial charge in [0.15, 0.2) is 0 Å². The van der Waals surface area contributed by atoms with Crippen LogP contribution in [0.4, 0.5) is 11.8 Å². The number of rotatable bonds is 4. The minimum atomic E-state index is 0.402. The van der Waals surface area contributed by atoms with Crippen molar-refractivity contribution in [1.29, 1.82) is 0 Å². The number of hydrogen-bond acceptors (Lipinski definition) is 5. The normalized spacial score (nSPS) is 20.1. The molecule has 0 unspecified atom stereocenters. The van der Waals surface area contributed by atoms with Gasteiger partial charge in [-0.25, -0.2) is 4.98 Å².